The summed E-state index contributed by atoms with van der Waals surface area (Å²) < 4.78 is 11.2. The maximum absolute atomic E-state index is 12.2. The molecule has 3 aromatic rings. The van der Waals surface area contributed by atoms with Crippen molar-refractivity contribution in [3.63, 3.8) is 0 Å². The number of hydrogen-bond donors (Lipinski definition) is 1. The smallest absolute Gasteiger partial charge is 0.287 e. The number of carbonyl (C=O) groups excluding carboxylic acids is 1. The van der Waals surface area contributed by atoms with Crippen LogP contribution in [0.3, 0.4) is 0 Å². The van der Waals surface area contributed by atoms with Crippen molar-refractivity contribution < 1.29 is 13.9 Å². The second-order valence-electron chi connectivity index (χ2n) is 6.12. The van der Waals surface area contributed by atoms with E-state index >= 15 is 0 Å². The molecule has 0 aliphatic heterocycles. The predicted octanol–water partition coefficient (Wildman–Crippen LogP) is 4.78. The Morgan fingerprint density at radius 1 is 1.31 bits per heavy atom. The lowest BCUT2D eigenvalue weighted by molar-refractivity contribution is 0.0918. The molecular weight excluding hydrogens is 372 g/mol. The molecule has 1 amide bonds. The zero-order valence-corrected chi connectivity index (χ0v) is 15.5. The molecular formula is C19H17ClN2O3S. The molecule has 1 N–H and O–H groups in total. The number of benzene rings is 1. The number of nitrogens with zero attached hydrogens (tertiary/aromatic N) is 1. The molecule has 1 aliphatic carbocycles. The van der Waals surface area contributed by atoms with Gasteiger partial charge in [-0.15, -0.1) is 11.3 Å². The van der Waals surface area contributed by atoms with Crippen molar-refractivity contribution in [2.45, 2.75) is 31.9 Å². The van der Waals surface area contributed by atoms with Crippen LogP contribution >= 0.6 is 22.9 Å². The molecule has 1 saturated carbocycles. The summed E-state index contributed by atoms with van der Waals surface area (Å²) in [6, 6.07) is 10.6. The van der Waals surface area contributed by atoms with E-state index in [1.165, 1.54) is 17.8 Å². The van der Waals surface area contributed by atoms with Crippen molar-refractivity contribution in [3.05, 3.63) is 69.0 Å². The number of halogens is 1. The van der Waals surface area contributed by atoms with Gasteiger partial charge in [0.2, 0.25) is 0 Å². The van der Waals surface area contributed by atoms with E-state index in [0.29, 0.717) is 29.0 Å². The highest BCUT2D eigenvalue weighted by molar-refractivity contribution is 7.09. The highest BCUT2D eigenvalue weighted by Gasteiger charge is 2.26. The Morgan fingerprint density at radius 3 is 2.96 bits per heavy atom. The third kappa shape index (κ3) is 4.08. The van der Waals surface area contributed by atoms with Gasteiger partial charge < -0.3 is 14.5 Å². The van der Waals surface area contributed by atoms with Crippen molar-refractivity contribution in [1.82, 2.24) is 10.3 Å². The number of furan rings is 1. The highest BCUT2D eigenvalue weighted by atomic mass is 35.5. The van der Waals surface area contributed by atoms with Gasteiger partial charge in [-0.2, -0.15) is 0 Å². The minimum absolute atomic E-state index is 0.202. The molecule has 26 heavy (non-hydrogen) atoms. The number of aromatic nitrogens is 1. The maximum atomic E-state index is 12.2. The van der Waals surface area contributed by atoms with E-state index in [1.807, 2.05) is 17.5 Å². The van der Waals surface area contributed by atoms with Gasteiger partial charge in [0.15, 0.2) is 5.76 Å². The summed E-state index contributed by atoms with van der Waals surface area (Å²) in [6.07, 6.45) is 2.45. The zero-order chi connectivity index (χ0) is 17.9. The molecule has 0 radical (unpaired) electrons. The van der Waals surface area contributed by atoms with Gasteiger partial charge in [-0.25, -0.2) is 4.98 Å². The molecule has 1 aromatic carbocycles. The van der Waals surface area contributed by atoms with E-state index in [4.69, 9.17) is 20.8 Å². The Morgan fingerprint density at radius 2 is 2.15 bits per heavy atom. The Bertz CT molecular complexity index is 917. The molecule has 0 saturated heterocycles. The molecule has 134 valence electrons. The lowest BCUT2D eigenvalue weighted by atomic mass is 10.3. The average molecular weight is 389 g/mol. The van der Waals surface area contributed by atoms with Crippen molar-refractivity contribution in [1.29, 1.82) is 0 Å². The Labute approximate surface area is 160 Å². The van der Waals surface area contributed by atoms with E-state index in [-0.39, 0.29) is 18.3 Å². The van der Waals surface area contributed by atoms with Crippen LogP contribution in [0.5, 0.6) is 5.75 Å². The largest absolute Gasteiger partial charge is 0.484 e. The van der Waals surface area contributed by atoms with Gasteiger partial charge in [-0.05, 0) is 37.1 Å². The summed E-state index contributed by atoms with van der Waals surface area (Å²) in [4.78, 5) is 16.8. The number of carbonyl (C=O) groups is 1. The average Bonchev–Trinajstić information content (AvgIpc) is 3.20. The fourth-order valence-electron chi connectivity index (χ4n) is 2.47. The summed E-state index contributed by atoms with van der Waals surface area (Å²) in [5, 5.41) is 6.54. The summed E-state index contributed by atoms with van der Waals surface area (Å²) in [7, 11) is 0. The maximum Gasteiger partial charge on any atom is 0.287 e. The first kappa shape index (κ1) is 17.1. The van der Waals surface area contributed by atoms with Gasteiger partial charge in [-0.1, -0.05) is 23.7 Å². The second kappa shape index (κ2) is 7.51. The third-order valence-electron chi connectivity index (χ3n) is 4.02. The van der Waals surface area contributed by atoms with Crippen LogP contribution in [0.4, 0.5) is 0 Å². The minimum Gasteiger partial charge on any atom is -0.484 e. The third-order valence-corrected chi connectivity index (χ3v) is 5.39. The molecule has 7 heteroatoms. The topological polar surface area (TPSA) is 64.4 Å². The first-order valence-corrected chi connectivity index (χ1v) is 9.63. The highest BCUT2D eigenvalue weighted by Crippen LogP contribution is 2.41. The van der Waals surface area contributed by atoms with Crippen LogP contribution in [-0.2, 0) is 13.2 Å². The summed E-state index contributed by atoms with van der Waals surface area (Å²) >= 11 is 7.71. The van der Waals surface area contributed by atoms with E-state index in [1.54, 1.807) is 35.6 Å². The Kier molecular flexibility index (Phi) is 4.95. The van der Waals surface area contributed by atoms with Crippen LogP contribution in [0, 0.1) is 0 Å². The van der Waals surface area contributed by atoms with E-state index in [9.17, 15) is 4.79 Å². The lowest BCUT2D eigenvalue weighted by Gasteiger charge is -2.05. The van der Waals surface area contributed by atoms with Gasteiger partial charge in [0, 0.05) is 11.3 Å². The summed E-state index contributed by atoms with van der Waals surface area (Å²) in [5.41, 5.74) is 0.888. The molecule has 0 atom stereocenters. The summed E-state index contributed by atoms with van der Waals surface area (Å²) in [6.45, 7) is 0.599. The van der Waals surface area contributed by atoms with Gasteiger partial charge in [-0.3, -0.25) is 4.79 Å². The van der Waals surface area contributed by atoms with Crippen LogP contribution in [-0.4, -0.2) is 10.9 Å². The van der Waals surface area contributed by atoms with Crippen LogP contribution < -0.4 is 10.1 Å². The molecule has 2 heterocycles. The van der Waals surface area contributed by atoms with Crippen LogP contribution in [0.15, 0.2) is 46.2 Å². The molecule has 2 aromatic heterocycles. The van der Waals surface area contributed by atoms with Crippen molar-refractivity contribution in [2.75, 3.05) is 0 Å². The van der Waals surface area contributed by atoms with E-state index in [0.717, 1.165) is 5.69 Å². The number of para-hydroxylation sites is 1. The lowest BCUT2D eigenvalue weighted by Crippen LogP contribution is -2.22. The minimum atomic E-state index is -0.269. The second-order valence-corrected chi connectivity index (χ2v) is 7.42. The summed E-state index contributed by atoms with van der Waals surface area (Å²) in [5.74, 6) is 1.75. The van der Waals surface area contributed by atoms with E-state index in [2.05, 4.69) is 10.3 Å². The SMILES string of the molecule is O=C(NCc1csc(C2CC2)n1)c1ccc(COc2ccccc2Cl)o1. The number of hydrogen-bond acceptors (Lipinski definition) is 5. The van der Waals surface area contributed by atoms with Crippen molar-refractivity contribution >= 4 is 28.8 Å². The van der Waals surface area contributed by atoms with Crippen LogP contribution in [0.1, 0.15) is 45.8 Å². The number of thiazole rings is 1. The molecule has 0 unspecified atom stereocenters. The van der Waals surface area contributed by atoms with Crippen LogP contribution in [0.2, 0.25) is 5.02 Å². The van der Waals surface area contributed by atoms with Crippen molar-refractivity contribution in [3.8, 4) is 5.75 Å². The number of nitrogens with one attached hydrogen (secondary N) is 1. The van der Waals surface area contributed by atoms with Gasteiger partial charge in [0.25, 0.3) is 5.91 Å². The number of ether oxygens (including phenoxy) is 1. The van der Waals surface area contributed by atoms with Gasteiger partial charge in [0.1, 0.15) is 18.1 Å². The fraction of sp³-hybridized carbons (Fsp3) is 0.263. The predicted molar refractivity (Wildman–Crippen MR) is 99.8 cm³/mol. The zero-order valence-electron chi connectivity index (χ0n) is 13.9. The van der Waals surface area contributed by atoms with Crippen LogP contribution in [0.25, 0.3) is 0 Å². The quantitative estimate of drug-likeness (QED) is 0.632. The first-order valence-electron chi connectivity index (χ1n) is 8.37. The molecule has 1 aliphatic rings. The number of amides is 1. The van der Waals surface area contributed by atoms with E-state index < -0.39 is 0 Å². The molecule has 5 nitrogen and oxygen atoms in total. The van der Waals surface area contributed by atoms with Gasteiger partial charge >= 0.3 is 0 Å². The molecule has 1 fully saturated rings. The molecule has 0 spiro atoms. The standard InChI is InChI=1S/C19H17ClN2O3S/c20-15-3-1-2-4-16(15)24-10-14-7-8-17(25-14)18(23)21-9-13-11-26-19(22-13)12-5-6-12/h1-4,7-8,11-12H,5-6,9-10H2,(H,21,23). The Balaban J connectivity index is 1.30. The molecule has 0 bridgehead atoms. The molecule has 4 rings (SSSR count). The monoisotopic (exact) mass is 388 g/mol. The van der Waals surface area contributed by atoms with Crippen molar-refractivity contribution in [2.24, 2.45) is 0 Å². The first-order chi connectivity index (χ1) is 12.7. The van der Waals surface area contributed by atoms with Gasteiger partial charge in [0.05, 0.1) is 22.3 Å². The Hall–Kier alpha value is -2.31. The normalized spacial score (nSPS) is 13.6. The number of rotatable bonds is 7. The fourth-order valence-corrected chi connectivity index (χ4v) is 3.65.